The first-order valence-corrected chi connectivity index (χ1v) is 4.34. The summed E-state index contributed by atoms with van der Waals surface area (Å²) in [7, 11) is 0. The molecule has 1 aromatic heterocycles. The maximum atomic E-state index is 11.4. The maximum absolute atomic E-state index is 11.4. The molecule has 0 radical (unpaired) electrons. The van der Waals surface area contributed by atoms with Gasteiger partial charge in [0.1, 0.15) is 5.75 Å². The van der Waals surface area contributed by atoms with Gasteiger partial charge in [0.25, 0.3) is 5.91 Å². The number of nitrogens with one attached hydrogen (secondary N) is 1. The van der Waals surface area contributed by atoms with Crippen LogP contribution in [0.25, 0.3) is 0 Å². The molecular weight excluding hydrogens is 216 g/mol. The Morgan fingerprint density at radius 2 is 2.12 bits per heavy atom. The van der Waals surface area contributed by atoms with Gasteiger partial charge in [-0.25, -0.2) is 4.79 Å². The van der Waals surface area contributed by atoms with Crippen molar-refractivity contribution in [1.29, 1.82) is 0 Å². The van der Waals surface area contributed by atoms with Crippen molar-refractivity contribution in [2.75, 3.05) is 6.54 Å². The Morgan fingerprint density at radius 3 is 2.69 bits per heavy atom. The zero-order chi connectivity index (χ0) is 12.1. The van der Waals surface area contributed by atoms with Crippen LogP contribution in [0.3, 0.4) is 0 Å². The van der Waals surface area contributed by atoms with Crippen LogP contribution in [0.5, 0.6) is 5.75 Å². The number of carbonyl (C=O) groups is 2. The molecule has 0 aliphatic carbocycles. The highest BCUT2D eigenvalue weighted by molar-refractivity contribution is 5.94. The molecule has 86 valence electrons. The minimum atomic E-state index is -1.66. The molecule has 0 saturated carbocycles. The monoisotopic (exact) mass is 226 g/mol. The lowest BCUT2D eigenvalue weighted by Crippen LogP contribution is -2.36. The van der Waals surface area contributed by atoms with E-state index < -0.39 is 24.5 Å². The first-order chi connectivity index (χ1) is 7.50. The van der Waals surface area contributed by atoms with Gasteiger partial charge >= 0.3 is 5.97 Å². The average molecular weight is 226 g/mol. The van der Waals surface area contributed by atoms with Crippen molar-refractivity contribution >= 4 is 11.9 Å². The Hall–Kier alpha value is -2.15. The number of hydrogen-bond acceptors (Lipinski definition) is 5. The SMILES string of the molecule is O=C(NC[C@H](O)C(=O)O)c1cncc(O)c1. The van der Waals surface area contributed by atoms with Crippen LogP contribution in [0.4, 0.5) is 0 Å². The molecule has 4 N–H and O–H groups in total. The molecule has 1 aromatic rings. The zero-order valence-electron chi connectivity index (χ0n) is 8.12. The van der Waals surface area contributed by atoms with Gasteiger partial charge in [0.15, 0.2) is 6.10 Å². The van der Waals surface area contributed by atoms with Crippen molar-refractivity contribution in [1.82, 2.24) is 10.3 Å². The Labute approximate surface area is 90.4 Å². The van der Waals surface area contributed by atoms with Gasteiger partial charge in [0.05, 0.1) is 18.3 Å². The fraction of sp³-hybridized carbons (Fsp3) is 0.222. The Morgan fingerprint density at radius 1 is 1.44 bits per heavy atom. The molecule has 7 heteroatoms. The number of aliphatic hydroxyl groups is 1. The number of aliphatic carboxylic acids is 1. The molecular formula is C9H10N2O5. The van der Waals surface area contributed by atoms with E-state index in [-0.39, 0.29) is 11.3 Å². The lowest BCUT2D eigenvalue weighted by atomic mass is 10.2. The third-order valence-electron chi connectivity index (χ3n) is 1.73. The van der Waals surface area contributed by atoms with E-state index in [0.29, 0.717) is 0 Å². The number of carboxylic acid groups (broad SMARTS) is 1. The van der Waals surface area contributed by atoms with Gasteiger partial charge in [-0.1, -0.05) is 0 Å². The number of carboxylic acids is 1. The Bertz CT molecular complexity index is 407. The van der Waals surface area contributed by atoms with E-state index in [0.717, 1.165) is 6.20 Å². The number of nitrogens with zero attached hydrogens (tertiary/aromatic N) is 1. The second-order valence-corrected chi connectivity index (χ2v) is 3.00. The normalized spacial score (nSPS) is 11.8. The number of pyridine rings is 1. The first-order valence-electron chi connectivity index (χ1n) is 4.34. The van der Waals surface area contributed by atoms with Crippen LogP contribution in [0.1, 0.15) is 10.4 Å². The molecule has 0 aliphatic heterocycles. The number of carbonyl (C=O) groups excluding carboxylic acids is 1. The summed E-state index contributed by atoms with van der Waals surface area (Å²) in [5.41, 5.74) is 0.0811. The van der Waals surface area contributed by atoms with Crippen molar-refractivity contribution in [3.63, 3.8) is 0 Å². The van der Waals surface area contributed by atoms with E-state index >= 15 is 0 Å². The summed E-state index contributed by atoms with van der Waals surface area (Å²) in [6, 6.07) is 1.18. The van der Waals surface area contributed by atoms with Crippen molar-refractivity contribution in [3.05, 3.63) is 24.0 Å². The van der Waals surface area contributed by atoms with Crippen molar-refractivity contribution in [2.24, 2.45) is 0 Å². The van der Waals surface area contributed by atoms with E-state index in [1.165, 1.54) is 12.3 Å². The van der Waals surface area contributed by atoms with Gasteiger partial charge in [0.2, 0.25) is 0 Å². The molecule has 0 bridgehead atoms. The maximum Gasteiger partial charge on any atom is 0.334 e. The van der Waals surface area contributed by atoms with Crippen LogP contribution in [0.2, 0.25) is 0 Å². The molecule has 1 rings (SSSR count). The molecule has 0 aliphatic rings. The summed E-state index contributed by atoms with van der Waals surface area (Å²) in [6.45, 7) is -0.413. The summed E-state index contributed by atoms with van der Waals surface area (Å²) >= 11 is 0. The quantitative estimate of drug-likeness (QED) is 0.520. The first kappa shape index (κ1) is 11.9. The van der Waals surface area contributed by atoms with Crippen LogP contribution in [-0.4, -0.2) is 44.8 Å². The molecule has 1 heterocycles. The van der Waals surface area contributed by atoms with E-state index in [1.807, 2.05) is 0 Å². The second-order valence-electron chi connectivity index (χ2n) is 3.00. The second kappa shape index (κ2) is 5.08. The van der Waals surface area contributed by atoms with Gasteiger partial charge in [-0.05, 0) is 6.07 Å². The number of aliphatic hydroxyl groups excluding tert-OH is 1. The van der Waals surface area contributed by atoms with Gasteiger partial charge in [-0.2, -0.15) is 0 Å². The van der Waals surface area contributed by atoms with Crippen LogP contribution in [0.15, 0.2) is 18.5 Å². The molecule has 16 heavy (non-hydrogen) atoms. The Balaban J connectivity index is 2.56. The molecule has 1 amide bonds. The van der Waals surface area contributed by atoms with Crippen LogP contribution in [0, 0.1) is 0 Å². The highest BCUT2D eigenvalue weighted by Crippen LogP contribution is 2.07. The number of aromatic hydroxyl groups is 1. The third kappa shape index (κ3) is 3.21. The summed E-state index contributed by atoms with van der Waals surface area (Å²) in [6.07, 6.45) is 0.708. The standard InChI is InChI=1S/C9H10N2O5/c12-6-1-5(2-10-3-6)8(14)11-4-7(13)9(15)16/h1-3,7,12-13H,4H2,(H,11,14)(H,15,16)/t7-/m0/s1. The Kier molecular flexibility index (Phi) is 3.78. The average Bonchev–Trinajstić information content (AvgIpc) is 2.25. The summed E-state index contributed by atoms with van der Waals surface area (Å²) < 4.78 is 0. The molecule has 0 saturated heterocycles. The highest BCUT2D eigenvalue weighted by Gasteiger charge is 2.15. The summed E-state index contributed by atoms with van der Waals surface area (Å²) in [5.74, 6) is -2.22. The van der Waals surface area contributed by atoms with Gasteiger partial charge in [-0.15, -0.1) is 0 Å². The van der Waals surface area contributed by atoms with E-state index in [1.54, 1.807) is 0 Å². The van der Waals surface area contributed by atoms with Crippen molar-refractivity contribution < 1.29 is 24.9 Å². The molecule has 0 aromatic carbocycles. The van der Waals surface area contributed by atoms with E-state index in [2.05, 4.69) is 10.3 Å². The topological polar surface area (TPSA) is 120 Å². The lowest BCUT2D eigenvalue weighted by Gasteiger charge is -2.07. The minimum Gasteiger partial charge on any atom is -0.506 e. The molecule has 1 atom stereocenters. The fourth-order valence-corrected chi connectivity index (χ4v) is 0.931. The van der Waals surface area contributed by atoms with Gasteiger partial charge in [0, 0.05) is 6.20 Å². The minimum absolute atomic E-state index is 0.0811. The number of rotatable bonds is 4. The lowest BCUT2D eigenvalue weighted by molar-refractivity contribution is -0.146. The van der Waals surface area contributed by atoms with E-state index in [4.69, 9.17) is 15.3 Å². The molecule has 0 unspecified atom stereocenters. The fourth-order valence-electron chi connectivity index (χ4n) is 0.931. The molecule has 0 fully saturated rings. The molecule has 7 nitrogen and oxygen atoms in total. The van der Waals surface area contributed by atoms with Gasteiger partial charge < -0.3 is 20.6 Å². The van der Waals surface area contributed by atoms with E-state index in [9.17, 15) is 9.59 Å². The number of amides is 1. The highest BCUT2D eigenvalue weighted by atomic mass is 16.4. The van der Waals surface area contributed by atoms with Crippen LogP contribution < -0.4 is 5.32 Å². The predicted octanol–water partition coefficient (Wildman–Crippen LogP) is -1.04. The van der Waals surface area contributed by atoms with Crippen LogP contribution in [-0.2, 0) is 4.79 Å². The summed E-state index contributed by atoms with van der Waals surface area (Å²) in [5, 5.41) is 28.5. The smallest absolute Gasteiger partial charge is 0.334 e. The van der Waals surface area contributed by atoms with Crippen molar-refractivity contribution in [2.45, 2.75) is 6.10 Å². The summed E-state index contributed by atoms with van der Waals surface area (Å²) in [4.78, 5) is 25.2. The zero-order valence-corrected chi connectivity index (χ0v) is 8.12. The number of aromatic nitrogens is 1. The van der Waals surface area contributed by atoms with Gasteiger partial charge in [-0.3, -0.25) is 9.78 Å². The van der Waals surface area contributed by atoms with Crippen molar-refractivity contribution in [3.8, 4) is 5.75 Å². The largest absolute Gasteiger partial charge is 0.506 e. The van der Waals surface area contributed by atoms with Crippen LogP contribution >= 0.6 is 0 Å². The third-order valence-corrected chi connectivity index (χ3v) is 1.73. The predicted molar refractivity (Wildman–Crippen MR) is 51.9 cm³/mol. The molecule has 0 spiro atoms. The number of hydrogen-bond donors (Lipinski definition) is 4.